The lowest BCUT2D eigenvalue weighted by Gasteiger charge is -2.29. The zero-order valence-electron chi connectivity index (χ0n) is 17.1. The number of nitrogens with zero attached hydrogens (tertiary/aromatic N) is 3. The molecule has 6 rings (SSSR count). The number of carbonyl (C=O) groups excluding carboxylic acids is 1. The molecule has 158 valence electrons. The molecule has 1 fully saturated rings. The fourth-order valence-corrected chi connectivity index (χ4v) is 5.11. The molecule has 7 heteroatoms. The largest absolute Gasteiger partial charge is 0.497 e. The van der Waals surface area contributed by atoms with Gasteiger partial charge in [-0.05, 0) is 60.6 Å². The van der Waals surface area contributed by atoms with Gasteiger partial charge in [0.1, 0.15) is 17.3 Å². The first-order valence-corrected chi connectivity index (χ1v) is 10.6. The van der Waals surface area contributed by atoms with Crippen LogP contribution >= 0.6 is 0 Å². The molecular formula is C24H21F2N3O2. The molecule has 31 heavy (non-hydrogen) atoms. The topological polar surface area (TPSA) is 47.4 Å². The van der Waals surface area contributed by atoms with Gasteiger partial charge in [0.2, 0.25) is 0 Å². The Bertz CT molecular complexity index is 1240. The Hall–Kier alpha value is -3.22. The summed E-state index contributed by atoms with van der Waals surface area (Å²) in [6.45, 7) is 1.10. The Kier molecular flexibility index (Phi) is 3.97. The van der Waals surface area contributed by atoms with Crippen LogP contribution < -0.4 is 4.74 Å². The van der Waals surface area contributed by atoms with E-state index in [1.165, 1.54) is 22.4 Å². The highest BCUT2D eigenvalue weighted by Gasteiger charge is 2.50. The number of halogens is 2. The van der Waals surface area contributed by atoms with Crippen LogP contribution in [0.5, 0.6) is 5.75 Å². The maximum Gasteiger partial charge on any atom is 0.274 e. The van der Waals surface area contributed by atoms with Crippen molar-refractivity contribution in [3.63, 3.8) is 0 Å². The van der Waals surface area contributed by atoms with Gasteiger partial charge in [-0.2, -0.15) is 5.10 Å². The van der Waals surface area contributed by atoms with E-state index in [0.29, 0.717) is 30.6 Å². The van der Waals surface area contributed by atoms with E-state index < -0.39 is 11.6 Å². The molecule has 3 aromatic rings. The average Bonchev–Trinajstić information content (AvgIpc) is 3.28. The molecule has 1 amide bonds. The summed E-state index contributed by atoms with van der Waals surface area (Å²) in [6.07, 6.45) is 2.60. The average molecular weight is 421 g/mol. The summed E-state index contributed by atoms with van der Waals surface area (Å²) in [6, 6.07) is 9.44. The van der Waals surface area contributed by atoms with Crippen LogP contribution in [0.2, 0.25) is 0 Å². The van der Waals surface area contributed by atoms with Crippen molar-refractivity contribution in [2.75, 3.05) is 13.7 Å². The minimum Gasteiger partial charge on any atom is -0.497 e. The standard InChI is InChI=1S/C24H21F2N3O2/c1-31-17-4-2-13-6-7-28(12-15(13)8-17)24(30)22-19-10-14-9-18(14)23(19)29(27-22)21-5-3-16(25)11-20(21)26/h2-5,8,11,14,18H,6-7,9-10,12H2,1H3/t14-,18-/m1/s1. The van der Waals surface area contributed by atoms with Crippen LogP contribution in [0.3, 0.4) is 0 Å². The molecule has 0 unspecified atom stereocenters. The molecule has 2 atom stereocenters. The molecular weight excluding hydrogens is 400 g/mol. The van der Waals surface area contributed by atoms with E-state index in [1.54, 1.807) is 12.0 Å². The van der Waals surface area contributed by atoms with Crippen LogP contribution in [0.4, 0.5) is 8.78 Å². The van der Waals surface area contributed by atoms with Crippen LogP contribution in [-0.2, 0) is 19.4 Å². The quantitative estimate of drug-likeness (QED) is 0.642. The number of ether oxygens (including phenoxy) is 1. The van der Waals surface area contributed by atoms with E-state index in [2.05, 4.69) is 5.10 Å². The van der Waals surface area contributed by atoms with E-state index in [0.717, 1.165) is 47.9 Å². The normalized spacial score (nSPS) is 20.8. The van der Waals surface area contributed by atoms with Crippen molar-refractivity contribution in [1.82, 2.24) is 14.7 Å². The number of amides is 1. The Morgan fingerprint density at radius 3 is 2.84 bits per heavy atom. The van der Waals surface area contributed by atoms with Crippen molar-refractivity contribution >= 4 is 5.91 Å². The number of hydrogen-bond acceptors (Lipinski definition) is 3. The molecule has 2 heterocycles. The van der Waals surface area contributed by atoms with Gasteiger partial charge in [0.25, 0.3) is 5.91 Å². The third kappa shape index (κ3) is 2.86. The van der Waals surface area contributed by atoms with Gasteiger partial charge in [0, 0.05) is 30.6 Å². The molecule has 0 N–H and O–H groups in total. The number of aromatic nitrogens is 2. The van der Waals surface area contributed by atoms with Crippen LogP contribution in [-0.4, -0.2) is 34.2 Å². The number of rotatable bonds is 3. The SMILES string of the molecule is COc1ccc2c(c1)CN(C(=O)c1nn(-c3ccc(F)cc3F)c3c1C[C@H]1C[C@@H]31)CC2. The molecule has 0 saturated heterocycles. The maximum atomic E-state index is 14.5. The van der Waals surface area contributed by atoms with Gasteiger partial charge in [-0.15, -0.1) is 0 Å². The van der Waals surface area contributed by atoms with Crippen molar-refractivity contribution in [1.29, 1.82) is 0 Å². The van der Waals surface area contributed by atoms with Gasteiger partial charge < -0.3 is 9.64 Å². The maximum absolute atomic E-state index is 14.5. The Labute approximate surface area is 178 Å². The van der Waals surface area contributed by atoms with Crippen LogP contribution in [0.15, 0.2) is 36.4 Å². The lowest BCUT2D eigenvalue weighted by atomic mass is 9.99. The van der Waals surface area contributed by atoms with Gasteiger partial charge in [0.05, 0.1) is 12.8 Å². The molecule has 1 aliphatic heterocycles. The van der Waals surface area contributed by atoms with Crippen molar-refractivity contribution in [3.05, 3.63) is 76.1 Å². The molecule has 1 saturated carbocycles. The van der Waals surface area contributed by atoms with Gasteiger partial charge in [-0.25, -0.2) is 13.5 Å². The van der Waals surface area contributed by atoms with Gasteiger partial charge in [-0.1, -0.05) is 6.07 Å². The minimum absolute atomic E-state index is 0.132. The summed E-state index contributed by atoms with van der Waals surface area (Å²) < 4.78 is 34.8. The minimum atomic E-state index is -0.674. The molecule has 2 aromatic carbocycles. The number of fused-ring (bicyclic) bond motifs is 4. The van der Waals surface area contributed by atoms with Gasteiger partial charge >= 0.3 is 0 Å². The lowest BCUT2D eigenvalue weighted by Crippen LogP contribution is -2.36. The fourth-order valence-electron chi connectivity index (χ4n) is 5.11. The summed E-state index contributed by atoms with van der Waals surface area (Å²) in [5, 5.41) is 4.57. The van der Waals surface area contributed by atoms with Crippen LogP contribution in [0.1, 0.15) is 45.2 Å². The summed E-state index contributed by atoms with van der Waals surface area (Å²) in [7, 11) is 1.63. The van der Waals surface area contributed by atoms with E-state index in [4.69, 9.17) is 4.74 Å². The van der Waals surface area contributed by atoms with Gasteiger partial charge in [-0.3, -0.25) is 4.79 Å². The second-order valence-corrected chi connectivity index (χ2v) is 8.64. The molecule has 0 radical (unpaired) electrons. The monoisotopic (exact) mass is 421 g/mol. The van der Waals surface area contributed by atoms with E-state index in [9.17, 15) is 13.6 Å². The summed E-state index contributed by atoms with van der Waals surface area (Å²) >= 11 is 0. The first kappa shape index (κ1) is 18.5. The van der Waals surface area contributed by atoms with Crippen LogP contribution in [0.25, 0.3) is 5.69 Å². The van der Waals surface area contributed by atoms with E-state index in [1.807, 2.05) is 18.2 Å². The smallest absolute Gasteiger partial charge is 0.274 e. The van der Waals surface area contributed by atoms with Crippen molar-refractivity contribution < 1.29 is 18.3 Å². The first-order chi connectivity index (χ1) is 15.0. The summed E-state index contributed by atoms with van der Waals surface area (Å²) in [5.74, 6) is 0.137. The predicted molar refractivity (Wildman–Crippen MR) is 109 cm³/mol. The third-order valence-electron chi connectivity index (χ3n) is 6.82. The summed E-state index contributed by atoms with van der Waals surface area (Å²) in [5.41, 5.74) is 4.72. The highest BCUT2D eigenvalue weighted by molar-refractivity contribution is 5.94. The Morgan fingerprint density at radius 1 is 1.16 bits per heavy atom. The molecule has 3 aliphatic rings. The number of methoxy groups -OCH3 is 1. The second-order valence-electron chi connectivity index (χ2n) is 8.64. The van der Waals surface area contributed by atoms with Crippen molar-refractivity contribution in [2.24, 2.45) is 5.92 Å². The van der Waals surface area contributed by atoms with Gasteiger partial charge in [0.15, 0.2) is 11.5 Å². The van der Waals surface area contributed by atoms with E-state index >= 15 is 0 Å². The second kappa shape index (κ2) is 6.64. The fraction of sp³-hybridized carbons (Fsp3) is 0.333. The number of carbonyl (C=O) groups is 1. The number of benzene rings is 2. The summed E-state index contributed by atoms with van der Waals surface area (Å²) in [4.78, 5) is 15.3. The zero-order valence-corrected chi connectivity index (χ0v) is 17.1. The Morgan fingerprint density at radius 2 is 2.03 bits per heavy atom. The lowest BCUT2D eigenvalue weighted by molar-refractivity contribution is 0.0727. The molecule has 5 nitrogen and oxygen atoms in total. The van der Waals surface area contributed by atoms with E-state index in [-0.39, 0.29) is 11.6 Å². The van der Waals surface area contributed by atoms with Crippen LogP contribution in [0, 0.1) is 17.6 Å². The molecule has 1 aromatic heterocycles. The molecule has 0 spiro atoms. The molecule has 2 aliphatic carbocycles. The third-order valence-corrected chi connectivity index (χ3v) is 6.82. The van der Waals surface area contributed by atoms with Crippen molar-refractivity contribution in [3.8, 4) is 11.4 Å². The van der Waals surface area contributed by atoms with Crippen molar-refractivity contribution in [2.45, 2.75) is 31.7 Å². The highest BCUT2D eigenvalue weighted by Crippen LogP contribution is 2.57. The molecule has 0 bridgehead atoms. The zero-order chi connectivity index (χ0) is 21.3. The predicted octanol–water partition coefficient (Wildman–Crippen LogP) is 4.02. The highest BCUT2D eigenvalue weighted by atomic mass is 19.1. The Balaban J connectivity index is 1.38. The first-order valence-electron chi connectivity index (χ1n) is 10.6. The number of hydrogen-bond donors (Lipinski definition) is 0.